The summed E-state index contributed by atoms with van der Waals surface area (Å²) in [6, 6.07) is 32.0. The van der Waals surface area contributed by atoms with Gasteiger partial charge in [0.2, 0.25) is 0 Å². The number of rotatable bonds is 2. The number of nitrogens with zero attached hydrogens (tertiary/aromatic N) is 4. The van der Waals surface area contributed by atoms with E-state index in [0.29, 0.717) is 0 Å². The van der Waals surface area contributed by atoms with E-state index in [9.17, 15) is 0 Å². The Kier molecular flexibility index (Phi) is 13.1. The van der Waals surface area contributed by atoms with Gasteiger partial charge in [0.25, 0.3) is 11.6 Å². The third kappa shape index (κ3) is 6.54. The van der Waals surface area contributed by atoms with Crippen molar-refractivity contribution in [3.05, 3.63) is 123 Å². The second-order valence-corrected chi connectivity index (χ2v) is 10.0. The minimum Gasteiger partial charge on any atom is -0.358 e. The third-order valence-electron chi connectivity index (χ3n) is 7.41. The molecule has 0 spiro atoms. The summed E-state index contributed by atoms with van der Waals surface area (Å²) in [6.45, 7) is 8.06. The summed E-state index contributed by atoms with van der Waals surface area (Å²) in [5.74, 6) is 2.49. The first-order valence-corrected chi connectivity index (χ1v) is 13.4. The van der Waals surface area contributed by atoms with Crippen LogP contribution in [0.5, 0.6) is 0 Å². The Morgan fingerprint density at radius 1 is 0.571 bits per heavy atom. The first-order chi connectivity index (χ1) is 18.8. The molecule has 0 saturated carbocycles. The summed E-state index contributed by atoms with van der Waals surface area (Å²) in [5.41, 5.74) is 11.6. The molecule has 0 fully saturated rings. The monoisotopic (exact) mass is 555 g/mol. The van der Waals surface area contributed by atoms with Crippen molar-refractivity contribution in [2.75, 3.05) is 0 Å². The molecule has 4 aromatic carbocycles. The van der Waals surface area contributed by atoms with Gasteiger partial charge in [-0.05, 0) is 68.3 Å². The Morgan fingerprint density at radius 3 is 1.40 bits per heavy atom. The van der Waals surface area contributed by atoms with E-state index >= 15 is 0 Å². The second kappa shape index (κ2) is 15.3. The molecule has 0 atom stereocenters. The van der Waals surface area contributed by atoms with Gasteiger partial charge in [0, 0.05) is 8.41 Å². The van der Waals surface area contributed by atoms with Crippen LogP contribution in [0.2, 0.25) is 6.82 Å². The maximum atomic E-state index is 4.50. The molecule has 0 unspecified atom stereocenters. The fourth-order valence-corrected chi connectivity index (χ4v) is 5.81. The lowest BCUT2D eigenvalue weighted by molar-refractivity contribution is -0.634. The van der Waals surface area contributed by atoms with Crippen LogP contribution in [-0.4, -0.2) is 25.4 Å². The highest BCUT2D eigenvalue weighted by atomic mass is 15.1. The molecule has 5 radical (unpaired) electrons. The Bertz CT molecular complexity index is 1650. The van der Waals surface area contributed by atoms with Crippen molar-refractivity contribution >= 4 is 38.3 Å². The van der Waals surface area contributed by atoms with Gasteiger partial charge in [-0.1, -0.05) is 67.0 Å². The molecule has 4 nitrogen and oxygen atoms in total. The van der Waals surface area contributed by atoms with Crippen LogP contribution in [0.25, 0.3) is 44.8 Å². The van der Waals surface area contributed by atoms with E-state index in [2.05, 4.69) is 160 Å². The highest BCUT2D eigenvalue weighted by Crippen LogP contribution is 2.28. The predicted octanol–water partition coefficient (Wildman–Crippen LogP) is 6.99. The Hall–Kier alpha value is -4.05. The van der Waals surface area contributed by atoms with Gasteiger partial charge in [0.05, 0.1) is 47.2 Å². The highest BCUT2D eigenvalue weighted by Gasteiger charge is 2.24. The van der Waals surface area contributed by atoms with Crippen LogP contribution >= 0.6 is 0 Å². The van der Waals surface area contributed by atoms with E-state index in [1.807, 2.05) is 6.07 Å². The zero-order valence-electron chi connectivity index (χ0n) is 27.1. The molecule has 0 aliphatic rings. The van der Waals surface area contributed by atoms with Gasteiger partial charge in [-0.25, -0.2) is 18.3 Å². The SMILES string of the molecule is Cc1cc(C)c(-c2n(C)c3ccccc3[n+]2C)c(C)c1.Cn1c(-c2ccccc2)[n+](C)c2ccccc21.[B].[B]C.[CH3-].[CH3-]. The Balaban J connectivity index is 0.000000375. The van der Waals surface area contributed by atoms with Gasteiger partial charge in [-0.2, -0.15) is 0 Å². The van der Waals surface area contributed by atoms with Crippen LogP contribution in [0.3, 0.4) is 0 Å². The molecule has 0 bridgehead atoms. The van der Waals surface area contributed by atoms with Gasteiger partial charge in [0.15, 0.2) is 22.1 Å². The minimum atomic E-state index is 0. The van der Waals surface area contributed by atoms with E-state index in [-0.39, 0.29) is 23.3 Å². The van der Waals surface area contributed by atoms with Crippen LogP contribution in [0.15, 0.2) is 91.0 Å². The van der Waals surface area contributed by atoms with Crippen LogP contribution < -0.4 is 9.13 Å². The summed E-state index contributed by atoms with van der Waals surface area (Å²) in [7, 11) is 13.0. The van der Waals surface area contributed by atoms with E-state index in [1.165, 1.54) is 68.4 Å². The summed E-state index contributed by atoms with van der Waals surface area (Å²) in [5, 5.41) is 0. The molecule has 0 amide bonds. The van der Waals surface area contributed by atoms with Gasteiger partial charge >= 0.3 is 0 Å². The maximum absolute atomic E-state index is 4.50. The first-order valence-electron chi connectivity index (χ1n) is 13.4. The molecule has 0 aliphatic carbocycles. The van der Waals surface area contributed by atoms with Crippen molar-refractivity contribution in [1.29, 1.82) is 0 Å². The molecule has 2 heterocycles. The standard InChI is InChI=1S/C18H21N2.C15H15N2.CH3B.2CH3.B/c1-12-10-13(2)17(14(3)11-12)18-19(4)15-8-6-7-9-16(15)20(18)5;1-16-13-10-6-7-11-14(13)17(2)15(16)12-8-4-3-5-9-12;1-2;;;/h6-11H,1-5H3;3-11H,1-2H3;1H3;2*1H3;/q2*+1;;2*-1;. The largest absolute Gasteiger partial charge is 0.358 e. The van der Waals surface area contributed by atoms with E-state index in [1.54, 1.807) is 0 Å². The normalized spacial score (nSPS) is 9.90. The van der Waals surface area contributed by atoms with Crippen molar-refractivity contribution in [1.82, 2.24) is 9.13 Å². The first kappa shape index (κ1) is 36.0. The second-order valence-electron chi connectivity index (χ2n) is 10.0. The number of para-hydroxylation sites is 4. The van der Waals surface area contributed by atoms with Crippen molar-refractivity contribution in [3.8, 4) is 22.8 Å². The van der Waals surface area contributed by atoms with E-state index in [0.717, 1.165) is 0 Å². The number of benzene rings is 4. The molecular weight excluding hydrogens is 510 g/mol. The lowest BCUT2D eigenvalue weighted by Gasteiger charge is -2.09. The lowest BCUT2D eigenvalue weighted by atomic mass is 9.99. The van der Waals surface area contributed by atoms with Gasteiger partial charge in [0.1, 0.15) is 0 Å². The minimum absolute atomic E-state index is 0. The van der Waals surface area contributed by atoms with E-state index in [4.69, 9.17) is 0 Å². The fraction of sp³-hybridized carbons (Fsp3) is 0.222. The van der Waals surface area contributed by atoms with Crippen LogP contribution in [0.4, 0.5) is 0 Å². The Morgan fingerprint density at radius 2 is 0.952 bits per heavy atom. The quantitative estimate of drug-likeness (QED) is 0.125. The van der Waals surface area contributed by atoms with E-state index < -0.39 is 0 Å². The molecule has 2 aromatic heterocycles. The average molecular weight is 555 g/mol. The smallest absolute Gasteiger partial charge is 0.289 e. The molecule has 0 saturated heterocycles. The van der Waals surface area contributed by atoms with Crippen molar-refractivity contribution < 1.29 is 9.13 Å². The zero-order valence-corrected chi connectivity index (χ0v) is 27.1. The summed E-state index contributed by atoms with van der Waals surface area (Å²) in [4.78, 5) is 0. The molecule has 0 aliphatic heterocycles. The van der Waals surface area contributed by atoms with Crippen molar-refractivity contribution in [3.63, 3.8) is 0 Å². The van der Waals surface area contributed by atoms with Crippen molar-refractivity contribution in [2.24, 2.45) is 28.2 Å². The molecular formula is C36H45B2N4. The summed E-state index contributed by atoms with van der Waals surface area (Å²) < 4.78 is 9.06. The molecule has 215 valence electrons. The summed E-state index contributed by atoms with van der Waals surface area (Å²) >= 11 is 0. The predicted molar refractivity (Wildman–Crippen MR) is 183 cm³/mol. The lowest BCUT2D eigenvalue weighted by Crippen LogP contribution is -2.30. The van der Waals surface area contributed by atoms with Crippen LogP contribution in [0, 0.1) is 35.6 Å². The molecule has 42 heavy (non-hydrogen) atoms. The number of fused-ring (bicyclic) bond motifs is 2. The fourth-order valence-electron chi connectivity index (χ4n) is 5.81. The zero-order chi connectivity index (χ0) is 28.3. The van der Waals surface area contributed by atoms with Crippen molar-refractivity contribution in [2.45, 2.75) is 27.6 Å². The van der Waals surface area contributed by atoms with Crippen LogP contribution in [0.1, 0.15) is 16.7 Å². The number of aryl methyl sites for hydroxylation is 7. The average Bonchev–Trinajstić information content (AvgIpc) is 3.35. The number of imidazole rings is 2. The molecule has 6 heteroatoms. The van der Waals surface area contributed by atoms with Crippen LogP contribution in [-0.2, 0) is 28.2 Å². The maximum Gasteiger partial charge on any atom is 0.289 e. The topological polar surface area (TPSA) is 17.6 Å². The highest BCUT2D eigenvalue weighted by molar-refractivity contribution is 6.05. The van der Waals surface area contributed by atoms with Gasteiger partial charge in [-0.15, -0.1) is 0 Å². The third-order valence-corrected chi connectivity index (χ3v) is 7.41. The molecule has 6 aromatic rings. The number of hydrogen-bond donors (Lipinski definition) is 0. The van der Waals surface area contributed by atoms with Gasteiger partial charge < -0.3 is 14.9 Å². The molecule has 6 rings (SSSR count). The molecule has 0 N–H and O–H groups in total. The number of hydrogen-bond acceptors (Lipinski definition) is 0. The number of aromatic nitrogens is 4. The summed E-state index contributed by atoms with van der Waals surface area (Å²) in [6.07, 6.45) is 0. The Labute approximate surface area is 257 Å². The van der Waals surface area contributed by atoms with Gasteiger partial charge in [-0.3, -0.25) is 0 Å².